The number of hydrogen-bond donors (Lipinski definition) is 0. The minimum Gasteiger partial charge on any atom is -0.270 e. The second kappa shape index (κ2) is 7.88. The predicted molar refractivity (Wildman–Crippen MR) is 84.0 cm³/mol. The van der Waals surface area contributed by atoms with Crippen LogP contribution in [0.1, 0.15) is 64.9 Å². The van der Waals surface area contributed by atoms with Crippen molar-refractivity contribution in [2.24, 2.45) is 0 Å². The second-order valence-electron chi connectivity index (χ2n) is 5.51. The third kappa shape index (κ3) is 4.83. The van der Waals surface area contributed by atoms with Crippen LogP contribution in [-0.4, -0.2) is 19.6 Å². The van der Waals surface area contributed by atoms with Crippen molar-refractivity contribution in [2.75, 3.05) is 0 Å². The molecule has 0 aliphatic rings. The summed E-state index contributed by atoms with van der Waals surface area (Å²) in [7, 11) is 0. The van der Waals surface area contributed by atoms with Crippen LogP contribution >= 0.6 is 0 Å². The number of nitrogens with zero attached hydrogens (tertiary/aromatic N) is 4. The summed E-state index contributed by atoms with van der Waals surface area (Å²) in [6, 6.07) is 3.04. The molecule has 112 valence electrons. The van der Waals surface area contributed by atoms with Crippen LogP contribution in [0.5, 0.6) is 0 Å². The van der Waals surface area contributed by atoms with Crippen molar-refractivity contribution in [2.45, 2.75) is 66.5 Å². The lowest BCUT2D eigenvalue weighted by Crippen LogP contribution is -2.01. The smallest absolute Gasteiger partial charge is 0.0621 e. The monoisotopic (exact) mass is 276 g/mol. The quantitative estimate of drug-likeness (QED) is 0.844. The molecule has 0 saturated heterocycles. The van der Waals surface area contributed by atoms with Crippen molar-refractivity contribution in [3.05, 3.63) is 35.9 Å². The van der Waals surface area contributed by atoms with Gasteiger partial charge in [-0.05, 0) is 52.2 Å². The normalized spacial score (nSPS) is 10.8. The van der Waals surface area contributed by atoms with Crippen LogP contribution in [0, 0.1) is 0 Å². The molecule has 0 N–H and O–H groups in total. The second-order valence-corrected chi connectivity index (χ2v) is 5.51. The van der Waals surface area contributed by atoms with Gasteiger partial charge in [-0.3, -0.25) is 9.36 Å². The molecule has 2 rings (SSSR count). The lowest BCUT2D eigenvalue weighted by atomic mass is 10.3. The summed E-state index contributed by atoms with van der Waals surface area (Å²) < 4.78 is 3.97. The van der Waals surface area contributed by atoms with Crippen LogP contribution in [-0.2, 0) is 12.8 Å². The summed E-state index contributed by atoms with van der Waals surface area (Å²) in [6.45, 7) is 12.8. The first-order valence-electron chi connectivity index (χ1n) is 7.54. The van der Waals surface area contributed by atoms with Crippen molar-refractivity contribution in [1.29, 1.82) is 0 Å². The minimum absolute atomic E-state index is 0.486. The highest BCUT2D eigenvalue weighted by Gasteiger charge is 1.98. The Morgan fingerprint density at radius 3 is 1.95 bits per heavy atom. The minimum atomic E-state index is 0.486. The van der Waals surface area contributed by atoms with E-state index in [9.17, 15) is 0 Å². The predicted octanol–water partition coefficient (Wildman–Crippen LogP) is 4.05. The van der Waals surface area contributed by atoms with Gasteiger partial charge < -0.3 is 0 Å². The summed E-state index contributed by atoms with van der Waals surface area (Å²) in [6.07, 6.45) is 8.17. The highest BCUT2D eigenvalue weighted by molar-refractivity contribution is 5.03. The molecular weight excluding hydrogens is 248 g/mol. The van der Waals surface area contributed by atoms with E-state index < -0.39 is 0 Å². The number of hydrogen-bond acceptors (Lipinski definition) is 2. The molecule has 0 amide bonds. The Hall–Kier alpha value is -1.58. The fourth-order valence-corrected chi connectivity index (χ4v) is 1.70. The molecule has 0 bridgehead atoms. The largest absolute Gasteiger partial charge is 0.270 e. The van der Waals surface area contributed by atoms with Crippen LogP contribution in [0.2, 0.25) is 0 Å². The molecule has 0 unspecified atom stereocenters. The van der Waals surface area contributed by atoms with Gasteiger partial charge in [-0.25, -0.2) is 0 Å². The van der Waals surface area contributed by atoms with E-state index >= 15 is 0 Å². The number of aryl methyl sites for hydroxylation is 2. The first-order valence-corrected chi connectivity index (χ1v) is 7.54. The lowest BCUT2D eigenvalue weighted by molar-refractivity contribution is 0.527. The van der Waals surface area contributed by atoms with Crippen molar-refractivity contribution in [3.63, 3.8) is 0 Å². The molecule has 0 atom stereocenters. The van der Waals surface area contributed by atoms with Crippen LogP contribution in [0.3, 0.4) is 0 Å². The van der Waals surface area contributed by atoms with Crippen molar-refractivity contribution in [1.82, 2.24) is 19.6 Å². The Bertz CT molecular complexity index is 448. The van der Waals surface area contributed by atoms with Crippen LogP contribution in [0.4, 0.5) is 0 Å². The summed E-state index contributed by atoms with van der Waals surface area (Å²) in [5.41, 5.74) is 2.49. The van der Waals surface area contributed by atoms with Crippen molar-refractivity contribution < 1.29 is 0 Å². The zero-order valence-electron chi connectivity index (χ0n) is 13.7. The van der Waals surface area contributed by atoms with E-state index in [1.54, 1.807) is 0 Å². The average molecular weight is 276 g/mol. The molecule has 2 aromatic heterocycles. The van der Waals surface area contributed by atoms with Gasteiger partial charge in [-0.15, -0.1) is 0 Å². The molecular formula is C16H28N4. The fourth-order valence-electron chi connectivity index (χ4n) is 1.70. The van der Waals surface area contributed by atoms with Gasteiger partial charge in [-0.2, -0.15) is 10.2 Å². The van der Waals surface area contributed by atoms with Crippen LogP contribution in [0.15, 0.2) is 24.7 Å². The van der Waals surface area contributed by atoms with Gasteiger partial charge in [0.1, 0.15) is 0 Å². The van der Waals surface area contributed by atoms with Crippen molar-refractivity contribution >= 4 is 0 Å². The first kappa shape index (κ1) is 16.5. The van der Waals surface area contributed by atoms with Gasteiger partial charge >= 0.3 is 0 Å². The van der Waals surface area contributed by atoms with Crippen LogP contribution in [0.25, 0.3) is 0 Å². The van der Waals surface area contributed by atoms with Gasteiger partial charge in [0.2, 0.25) is 0 Å². The zero-order valence-corrected chi connectivity index (χ0v) is 13.7. The Labute approximate surface area is 122 Å². The van der Waals surface area contributed by atoms with Crippen molar-refractivity contribution in [3.8, 4) is 0 Å². The molecule has 0 aromatic carbocycles. The summed E-state index contributed by atoms with van der Waals surface area (Å²) in [5, 5.41) is 8.55. The average Bonchev–Trinajstić information content (AvgIpc) is 3.08. The molecule has 4 heteroatoms. The van der Waals surface area contributed by atoms with E-state index in [1.165, 1.54) is 11.3 Å². The molecule has 0 fully saturated rings. The number of aromatic nitrogens is 4. The topological polar surface area (TPSA) is 35.6 Å². The highest BCUT2D eigenvalue weighted by atomic mass is 15.3. The van der Waals surface area contributed by atoms with E-state index in [2.05, 4.69) is 64.0 Å². The molecule has 2 aromatic rings. The highest BCUT2D eigenvalue weighted by Crippen LogP contribution is 2.05. The first-order chi connectivity index (χ1) is 9.47. The number of rotatable bonds is 4. The molecule has 0 aliphatic heterocycles. The maximum Gasteiger partial charge on any atom is 0.0621 e. The molecule has 4 nitrogen and oxygen atoms in total. The SMILES string of the molecule is CCc1ccn(C(C)C)n1.CCc1cnn(C(C)C)c1. The van der Waals surface area contributed by atoms with Gasteiger partial charge in [0.25, 0.3) is 0 Å². The Morgan fingerprint density at radius 2 is 1.65 bits per heavy atom. The third-order valence-corrected chi connectivity index (χ3v) is 3.15. The van der Waals surface area contributed by atoms with E-state index in [1.807, 2.05) is 21.8 Å². The molecule has 0 saturated carbocycles. The molecule has 0 spiro atoms. The summed E-state index contributed by atoms with van der Waals surface area (Å²) in [5.74, 6) is 0. The van der Waals surface area contributed by atoms with E-state index in [4.69, 9.17) is 0 Å². The van der Waals surface area contributed by atoms with E-state index in [0.717, 1.165) is 12.8 Å². The maximum atomic E-state index is 4.34. The Kier molecular flexibility index (Phi) is 6.49. The van der Waals surface area contributed by atoms with Crippen LogP contribution < -0.4 is 0 Å². The van der Waals surface area contributed by atoms with Gasteiger partial charge in [0, 0.05) is 24.5 Å². The van der Waals surface area contributed by atoms with E-state index in [0.29, 0.717) is 12.1 Å². The molecule has 20 heavy (non-hydrogen) atoms. The fraction of sp³-hybridized carbons (Fsp3) is 0.625. The Morgan fingerprint density at radius 1 is 1.00 bits per heavy atom. The standard InChI is InChI=1S/2C8H14N2/c1-4-8-5-9-10(6-8)7(2)3;1-4-8-5-6-10(9-8)7(2)3/h2*5-7H,4H2,1-3H3. The Balaban J connectivity index is 0.000000200. The third-order valence-electron chi connectivity index (χ3n) is 3.15. The van der Waals surface area contributed by atoms with Gasteiger partial charge in [0.05, 0.1) is 11.9 Å². The van der Waals surface area contributed by atoms with E-state index in [-0.39, 0.29) is 0 Å². The maximum absolute atomic E-state index is 4.34. The summed E-state index contributed by atoms with van der Waals surface area (Å²) in [4.78, 5) is 0. The summed E-state index contributed by atoms with van der Waals surface area (Å²) >= 11 is 0. The van der Waals surface area contributed by atoms with Gasteiger partial charge in [0.15, 0.2) is 0 Å². The molecule has 0 aliphatic carbocycles. The lowest BCUT2D eigenvalue weighted by Gasteiger charge is -2.02. The zero-order chi connectivity index (χ0) is 15.1. The molecule has 0 radical (unpaired) electrons. The van der Waals surface area contributed by atoms with Gasteiger partial charge in [-0.1, -0.05) is 13.8 Å². The molecule has 2 heterocycles.